The van der Waals surface area contributed by atoms with Crippen molar-refractivity contribution in [1.29, 1.82) is 0 Å². The lowest BCUT2D eigenvalue weighted by Gasteiger charge is -2.39. The second-order valence-electron chi connectivity index (χ2n) is 6.96. The quantitative estimate of drug-likeness (QED) is 0.716. The van der Waals surface area contributed by atoms with Gasteiger partial charge in [-0.15, -0.1) is 0 Å². The Morgan fingerprint density at radius 2 is 1.54 bits per heavy atom. The molecular formula is C17H35N3O3S. The topological polar surface area (TPSA) is 61.9 Å². The molecule has 0 aromatic rings. The van der Waals surface area contributed by atoms with E-state index in [2.05, 4.69) is 23.5 Å². The first-order chi connectivity index (χ1) is 11.6. The summed E-state index contributed by atoms with van der Waals surface area (Å²) >= 11 is 0. The molecule has 2 saturated heterocycles. The van der Waals surface area contributed by atoms with Crippen molar-refractivity contribution in [2.75, 3.05) is 45.9 Å². The van der Waals surface area contributed by atoms with Crippen LogP contribution in [0.2, 0.25) is 0 Å². The van der Waals surface area contributed by atoms with E-state index in [9.17, 15) is 8.42 Å². The molecule has 2 aliphatic rings. The zero-order valence-electron chi connectivity index (χ0n) is 15.4. The molecule has 0 radical (unpaired) electrons. The average molecular weight is 362 g/mol. The van der Waals surface area contributed by atoms with Crippen LogP contribution in [0, 0.1) is 5.92 Å². The third-order valence-electron chi connectivity index (χ3n) is 5.49. The maximum Gasteiger partial charge on any atom is 0.279 e. The van der Waals surface area contributed by atoms with Gasteiger partial charge in [0.25, 0.3) is 10.2 Å². The summed E-state index contributed by atoms with van der Waals surface area (Å²) in [5.74, 6) is 0.509. The van der Waals surface area contributed by atoms with Crippen LogP contribution in [0.1, 0.15) is 52.4 Å². The van der Waals surface area contributed by atoms with Gasteiger partial charge in [0.15, 0.2) is 0 Å². The Balaban J connectivity index is 1.99. The van der Waals surface area contributed by atoms with Gasteiger partial charge in [0.2, 0.25) is 0 Å². The molecule has 1 unspecified atom stereocenters. The van der Waals surface area contributed by atoms with Crippen LogP contribution in [0.3, 0.4) is 0 Å². The second kappa shape index (κ2) is 10.1. The number of rotatable bonds is 8. The number of nitrogens with one attached hydrogen (secondary N) is 1. The molecular weight excluding hydrogens is 326 g/mol. The minimum absolute atomic E-state index is 0.255. The third-order valence-corrected chi connectivity index (χ3v) is 7.06. The first-order valence-corrected chi connectivity index (χ1v) is 11.1. The molecule has 2 rings (SSSR count). The molecule has 0 amide bonds. The number of hydrogen-bond acceptors (Lipinski definition) is 4. The highest BCUT2D eigenvalue weighted by Crippen LogP contribution is 2.20. The molecule has 2 fully saturated rings. The van der Waals surface area contributed by atoms with Crippen LogP contribution in [0.15, 0.2) is 0 Å². The lowest BCUT2D eigenvalue weighted by molar-refractivity contribution is 0.00289. The fourth-order valence-corrected chi connectivity index (χ4v) is 5.20. The summed E-state index contributed by atoms with van der Waals surface area (Å²) in [5.41, 5.74) is 0. The van der Waals surface area contributed by atoms with Gasteiger partial charge in [-0.1, -0.05) is 39.5 Å². The molecule has 0 aromatic carbocycles. The predicted molar refractivity (Wildman–Crippen MR) is 97.2 cm³/mol. The largest absolute Gasteiger partial charge is 0.379 e. The van der Waals surface area contributed by atoms with Crippen molar-refractivity contribution in [2.24, 2.45) is 5.92 Å². The summed E-state index contributed by atoms with van der Waals surface area (Å²) in [7, 11) is -3.36. The van der Waals surface area contributed by atoms with Crippen LogP contribution in [-0.2, 0) is 14.9 Å². The van der Waals surface area contributed by atoms with Crippen LogP contribution in [0.4, 0.5) is 0 Å². The lowest BCUT2D eigenvalue weighted by atomic mass is 9.92. The standard InChI is InChI=1S/C17H35N3O3S/c1-3-16(4-2)17(19-11-13-23-14-12-19)15-18-24(21,22)20-9-7-5-6-8-10-20/h16-18H,3-15H2,1-2H3. The van der Waals surface area contributed by atoms with Gasteiger partial charge in [-0.3, -0.25) is 4.90 Å². The van der Waals surface area contributed by atoms with E-state index in [0.29, 0.717) is 25.6 Å². The molecule has 2 heterocycles. The first-order valence-electron chi connectivity index (χ1n) is 9.65. The zero-order chi connectivity index (χ0) is 17.4. The highest BCUT2D eigenvalue weighted by molar-refractivity contribution is 7.87. The van der Waals surface area contributed by atoms with Crippen molar-refractivity contribution in [2.45, 2.75) is 58.4 Å². The Kier molecular flexibility index (Phi) is 8.43. The maximum absolute atomic E-state index is 12.7. The molecule has 24 heavy (non-hydrogen) atoms. The summed E-state index contributed by atoms with van der Waals surface area (Å²) in [6, 6.07) is 0.255. The van der Waals surface area contributed by atoms with E-state index >= 15 is 0 Å². The molecule has 0 bridgehead atoms. The Bertz CT molecular complexity index is 440. The highest BCUT2D eigenvalue weighted by atomic mass is 32.2. The van der Waals surface area contributed by atoms with Crippen LogP contribution >= 0.6 is 0 Å². The molecule has 1 atom stereocenters. The van der Waals surface area contributed by atoms with Gasteiger partial charge in [0, 0.05) is 38.8 Å². The Morgan fingerprint density at radius 3 is 2.08 bits per heavy atom. The summed E-state index contributed by atoms with van der Waals surface area (Å²) in [6.45, 7) is 9.50. The average Bonchev–Trinajstić information content (AvgIpc) is 2.89. The Labute approximate surface area is 148 Å². The first kappa shape index (κ1) is 20.1. The second-order valence-corrected chi connectivity index (χ2v) is 8.71. The molecule has 1 N–H and O–H groups in total. The van der Waals surface area contributed by atoms with Crippen molar-refractivity contribution in [3.8, 4) is 0 Å². The van der Waals surface area contributed by atoms with Gasteiger partial charge in [-0.05, 0) is 18.8 Å². The van der Waals surface area contributed by atoms with Crippen molar-refractivity contribution in [3.63, 3.8) is 0 Å². The Morgan fingerprint density at radius 1 is 0.958 bits per heavy atom. The van der Waals surface area contributed by atoms with Crippen LogP contribution < -0.4 is 4.72 Å². The van der Waals surface area contributed by atoms with E-state index in [1.807, 2.05) is 0 Å². The van der Waals surface area contributed by atoms with E-state index < -0.39 is 10.2 Å². The number of hydrogen-bond donors (Lipinski definition) is 1. The van der Waals surface area contributed by atoms with Crippen molar-refractivity contribution < 1.29 is 13.2 Å². The van der Waals surface area contributed by atoms with Crippen LogP contribution in [0.25, 0.3) is 0 Å². The molecule has 142 valence electrons. The fraction of sp³-hybridized carbons (Fsp3) is 1.00. The number of ether oxygens (including phenoxy) is 1. The van der Waals surface area contributed by atoms with E-state index in [0.717, 1.165) is 64.8 Å². The van der Waals surface area contributed by atoms with E-state index in [4.69, 9.17) is 4.74 Å². The number of nitrogens with zero attached hydrogens (tertiary/aromatic N) is 2. The van der Waals surface area contributed by atoms with Crippen molar-refractivity contribution in [3.05, 3.63) is 0 Å². The molecule has 0 saturated carbocycles. The van der Waals surface area contributed by atoms with E-state index in [1.165, 1.54) is 0 Å². The minimum Gasteiger partial charge on any atom is -0.379 e. The van der Waals surface area contributed by atoms with E-state index in [1.54, 1.807) is 4.31 Å². The molecule has 6 nitrogen and oxygen atoms in total. The van der Waals surface area contributed by atoms with Crippen LogP contribution in [0.5, 0.6) is 0 Å². The number of morpholine rings is 1. The van der Waals surface area contributed by atoms with Crippen LogP contribution in [-0.4, -0.2) is 69.6 Å². The summed E-state index contributed by atoms with van der Waals surface area (Å²) in [4.78, 5) is 2.41. The molecule has 7 heteroatoms. The SMILES string of the molecule is CCC(CC)C(CNS(=O)(=O)N1CCCCCC1)N1CCOCC1. The van der Waals surface area contributed by atoms with Gasteiger partial charge in [0.05, 0.1) is 13.2 Å². The molecule has 0 aliphatic carbocycles. The van der Waals surface area contributed by atoms with Gasteiger partial charge in [-0.2, -0.15) is 12.7 Å². The van der Waals surface area contributed by atoms with Gasteiger partial charge in [-0.25, -0.2) is 4.72 Å². The molecule has 2 aliphatic heterocycles. The maximum atomic E-state index is 12.7. The summed E-state index contributed by atoms with van der Waals surface area (Å²) in [6.07, 6.45) is 6.36. The Hall–Kier alpha value is -0.210. The molecule has 0 spiro atoms. The van der Waals surface area contributed by atoms with Gasteiger partial charge < -0.3 is 4.74 Å². The van der Waals surface area contributed by atoms with Crippen molar-refractivity contribution >= 4 is 10.2 Å². The summed E-state index contributed by atoms with van der Waals surface area (Å²) in [5, 5.41) is 0. The monoisotopic (exact) mass is 361 g/mol. The predicted octanol–water partition coefficient (Wildman–Crippen LogP) is 1.83. The van der Waals surface area contributed by atoms with Gasteiger partial charge >= 0.3 is 0 Å². The van der Waals surface area contributed by atoms with Gasteiger partial charge in [0.1, 0.15) is 0 Å². The van der Waals surface area contributed by atoms with E-state index in [-0.39, 0.29) is 6.04 Å². The smallest absolute Gasteiger partial charge is 0.279 e. The lowest BCUT2D eigenvalue weighted by Crippen LogP contribution is -2.53. The minimum atomic E-state index is -3.36. The molecule has 0 aromatic heterocycles. The van der Waals surface area contributed by atoms with Crippen molar-refractivity contribution in [1.82, 2.24) is 13.9 Å². The zero-order valence-corrected chi connectivity index (χ0v) is 16.2. The third kappa shape index (κ3) is 5.66. The fourth-order valence-electron chi connectivity index (χ4n) is 3.90. The summed E-state index contributed by atoms with van der Waals surface area (Å²) < 4.78 is 35.4. The highest BCUT2D eigenvalue weighted by Gasteiger charge is 2.30. The normalized spacial score (nSPS) is 23.3.